The summed E-state index contributed by atoms with van der Waals surface area (Å²) in [6.45, 7) is -3.22. The molecule has 1 amide bonds. The van der Waals surface area contributed by atoms with Gasteiger partial charge in [-0.15, -0.1) is 0 Å². The van der Waals surface area contributed by atoms with E-state index in [-0.39, 0.29) is 33.2 Å². The maximum atomic E-state index is 13.2. The fourth-order valence-electron chi connectivity index (χ4n) is 3.11. The molecule has 4 aromatic rings. The molecular formula is C20H11F5N2O4. The minimum Gasteiger partial charge on any atom is -0.619 e. The van der Waals surface area contributed by atoms with Crippen molar-refractivity contribution in [3.05, 3.63) is 71.2 Å². The molecule has 11 heteroatoms. The van der Waals surface area contributed by atoms with Crippen LogP contribution in [0.4, 0.5) is 27.6 Å². The number of alkyl halides is 5. The highest BCUT2D eigenvalue weighted by Gasteiger charge is 2.32. The van der Waals surface area contributed by atoms with E-state index >= 15 is 0 Å². The van der Waals surface area contributed by atoms with Crippen LogP contribution >= 0.6 is 0 Å². The lowest BCUT2D eigenvalue weighted by molar-refractivity contribution is -0.605. The van der Waals surface area contributed by atoms with Gasteiger partial charge in [-0.05, 0) is 30.3 Å². The predicted octanol–water partition coefficient (Wildman–Crippen LogP) is 5.09. The van der Waals surface area contributed by atoms with Crippen molar-refractivity contribution in [2.24, 2.45) is 0 Å². The molecule has 0 bridgehead atoms. The summed E-state index contributed by atoms with van der Waals surface area (Å²) in [5, 5.41) is 13.4. The predicted molar refractivity (Wildman–Crippen MR) is 98.7 cm³/mol. The molecule has 1 N–H and O–H groups in total. The molecule has 2 heterocycles. The van der Waals surface area contributed by atoms with Gasteiger partial charge in [0.05, 0.1) is 16.8 Å². The smallest absolute Gasteiger partial charge is 0.416 e. The van der Waals surface area contributed by atoms with Gasteiger partial charge in [-0.1, -0.05) is 0 Å². The monoisotopic (exact) mass is 438 g/mol. The second-order valence-corrected chi connectivity index (χ2v) is 6.41. The van der Waals surface area contributed by atoms with Gasteiger partial charge in [0.1, 0.15) is 5.58 Å². The lowest BCUT2D eigenvalue weighted by atomic mass is 10.0. The number of hydrogen-bond acceptors (Lipinski definition) is 4. The second-order valence-electron chi connectivity index (χ2n) is 6.41. The molecule has 31 heavy (non-hydrogen) atoms. The van der Waals surface area contributed by atoms with Crippen LogP contribution in [0.15, 0.2) is 59.3 Å². The summed E-state index contributed by atoms with van der Waals surface area (Å²) in [5.74, 6) is -1.18. The highest BCUT2D eigenvalue weighted by molar-refractivity contribution is 6.20. The molecule has 0 saturated heterocycles. The number of nitrogens with one attached hydrogen (secondary N) is 1. The van der Waals surface area contributed by atoms with Gasteiger partial charge in [-0.3, -0.25) is 4.79 Å². The summed E-state index contributed by atoms with van der Waals surface area (Å²) >= 11 is 0. The standard InChI is InChI=1S/C20H11F5N2O4/c21-19(22)31-15-4-2-12(18(28)26-11-5-7-27(29)8-6-11)16-13-9-10(20(23,24)25)1-3-14(13)30-17(15)16/h1-9,19H,(H,26,28). The molecule has 0 saturated carbocycles. The van der Waals surface area contributed by atoms with E-state index in [2.05, 4.69) is 10.1 Å². The summed E-state index contributed by atoms with van der Waals surface area (Å²) in [7, 11) is 0. The maximum Gasteiger partial charge on any atom is 0.416 e. The van der Waals surface area contributed by atoms with Crippen LogP contribution in [0.1, 0.15) is 15.9 Å². The van der Waals surface area contributed by atoms with Crippen molar-refractivity contribution in [1.29, 1.82) is 0 Å². The van der Waals surface area contributed by atoms with Crippen molar-refractivity contribution in [3.63, 3.8) is 0 Å². The van der Waals surface area contributed by atoms with Gasteiger partial charge in [0, 0.05) is 22.9 Å². The van der Waals surface area contributed by atoms with Crippen LogP contribution in [0, 0.1) is 5.21 Å². The van der Waals surface area contributed by atoms with Crippen LogP contribution in [-0.2, 0) is 6.18 Å². The number of carbonyl (C=O) groups is 1. The first-order chi connectivity index (χ1) is 14.6. The number of nitrogens with zero attached hydrogens (tertiary/aromatic N) is 1. The highest BCUT2D eigenvalue weighted by Crippen LogP contribution is 2.40. The van der Waals surface area contributed by atoms with Crippen molar-refractivity contribution in [2.75, 3.05) is 5.32 Å². The fraction of sp³-hybridized carbons (Fsp3) is 0.100. The molecule has 2 aromatic carbocycles. The van der Waals surface area contributed by atoms with Crippen molar-refractivity contribution in [1.82, 2.24) is 0 Å². The first-order valence-corrected chi connectivity index (χ1v) is 8.65. The lowest BCUT2D eigenvalue weighted by Crippen LogP contribution is -2.24. The Labute approximate surface area is 170 Å². The number of rotatable bonds is 4. The van der Waals surface area contributed by atoms with E-state index in [0.29, 0.717) is 4.73 Å². The van der Waals surface area contributed by atoms with Gasteiger partial charge in [-0.25, -0.2) is 0 Å². The third-order valence-electron chi connectivity index (χ3n) is 4.43. The molecular weight excluding hydrogens is 427 g/mol. The number of furan rings is 1. The molecule has 0 aliphatic rings. The van der Waals surface area contributed by atoms with Gasteiger partial charge < -0.3 is 19.7 Å². The fourth-order valence-corrected chi connectivity index (χ4v) is 3.11. The molecule has 0 spiro atoms. The zero-order valence-corrected chi connectivity index (χ0v) is 15.2. The average Bonchev–Trinajstić information content (AvgIpc) is 3.08. The van der Waals surface area contributed by atoms with Crippen LogP contribution in [-0.4, -0.2) is 12.5 Å². The van der Waals surface area contributed by atoms with Gasteiger partial charge in [0.2, 0.25) is 0 Å². The highest BCUT2D eigenvalue weighted by atomic mass is 19.4. The van der Waals surface area contributed by atoms with E-state index in [9.17, 15) is 32.0 Å². The Morgan fingerprint density at radius 1 is 1.10 bits per heavy atom. The molecule has 0 unspecified atom stereocenters. The molecule has 2 aromatic heterocycles. The number of hydrogen-bond donors (Lipinski definition) is 1. The SMILES string of the molecule is O=C(Nc1cc[n+]([O-])cc1)c1ccc(OC(F)F)c2oc3ccc(C(F)(F)F)cc3c12. The van der Waals surface area contributed by atoms with Crippen LogP contribution in [0.2, 0.25) is 0 Å². The first kappa shape index (κ1) is 20.4. The molecule has 4 rings (SSSR count). The minimum atomic E-state index is -4.67. The summed E-state index contributed by atoms with van der Waals surface area (Å²) in [4.78, 5) is 12.8. The number of aromatic nitrogens is 1. The Balaban J connectivity index is 1.91. The molecule has 0 atom stereocenters. The largest absolute Gasteiger partial charge is 0.619 e. The Hall–Kier alpha value is -3.89. The second kappa shape index (κ2) is 7.42. The average molecular weight is 438 g/mol. The van der Waals surface area contributed by atoms with Crippen molar-refractivity contribution < 1.29 is 40.6 Å². The number of amides is 1. The molecule has 160 valence electrons. The third-order valence-corrected chi connectivity index (χ3v) is 4.43. The molecule has 6 nitrogen and oxygen atoms in total. The molecule has 0 radical (unpaired) electrons. The number of benzene rings is 2. The van der Waals surface area contributed by atoms with E-state index < -0.39 is 30.0 Å². The topological polar surface area (TPSA) is 78.4 Å². The van der Waals surface area contributed by atoms with Crippen molar-refractivity contribution in [3.8, 4) is 5.75 Å². The number of carbonyl (C=O) groups excluding carboxylic acids is 1. The summed E-state index contributed by atoms with van der Waals surface area (Å²) in [5.41, 5.74) is -1.24. The Morgan fingerprint density at radius 3 is 2.45 bits per heavy atom. The Bertz CT molecular complexity index is 1280. The third kappa shape index (κ3) is 3.93. The maximum absolute atomic E-state index is 13.2. The van der Waals surface area contributed by atoms with E-state index in [1.54, 1.807) is 0 Å². The van der Waals surface area contributed by atoms with Crippen molar-refractivity contribution >= 4 is 33.5 Å². The number of halogens is 5. The van der Waals surface area contributed by atoms with Gasteiger partial charge in [0.25, 0.3) is 5.91 Å². The first-order valence-electron chi connectivity index (χ1n) is 8.65. The van der Waals surface area contributed by atoms with Crippen LogP contribution in [0.25, 0.3) is 21.9 Å². The zero-order valence-electron chi connectivity index (χ0n) is 15.2. The summed E-state index contributed by atoms with van der Waals surface area (Å²) in [6.07, 6.45) is -2.41. The Kier molecular flexibility index (Phi) is 4.88. The van der Waals surface area contributed by atoms with Gasteiger partial charge in [-0.2, -0.15) is 26.7 Å². The zero-order chi connectivity index (χ0) is 22.3. The molecule has 0 fully saturated rings. The summed E-state index contributed by atoms with van der Waals surface area (Å²) < 4.78 is 75.5. The number of ether oxygens (including phenoxy) is 1. The van der Waals surface area contributed by atoms with E-state index in [0.717, 1.165) is 42.7 Å². The molecule has 0 aliphatic heterocycles. The van der Waals surface area contributed by atoms with E-state index in [4.69, 9.17) is 4.42 Å². The molecule has 0 aliphatic carbocycles. The van der Waals surface area contributed by atoms with Gasteiger partial charge >= 0.3 is 12.8 Å². The van der Waals surface area contributed by atoms with E-state index in [1.807, 2.05) is 0 Å². The Morgan fingerprint density at radius 2 is 1.81 bits per heavy atom. The summed E-state index contributed by atoms with van der Waals surface area (Å²) in [6, 6.07) is 7.41. The number of pyridine rings is 1. The quantitative estimate of drug-likeness (QED) is 0.274. The van der Waals surface area contributed by atoms with Crippen LogP contribution in [0.5, 0.6) is 5.75 Å². The number of anilines is 1. The van der Waals surface area contributed by atoms with Crippen LogP contribution < -0.4 is 14.8 Å². The van der Waals surface area contributed by atoms with E-state index in [1.165, 1.54) is 12.1 Å². The normalized spacial score (nSPS) is 11.9. The number of fused-ring (bicyclic) bond motifs is 3. The minimum absolute atomic E-state index is 0.0468. The van der Waals surface area contributed by atoms with Crippen LogP contribution in [0.3, 0.4) is 0 Å². The van der Waals surface area contributed by atoms with Crippen molar-refractivity contribution in [2.45, 2.75) is 12.8 Å². The van der Waals surface area contributed by atoms with Gasteiger partial charge in [0.15, 0.2) is 23.7 Å². The lowest BCUT2D eigenvalue weighted by Gasteiger charge is -2.09.